The van der Waals surface area contributed by atoms with Crippen LogP contribution in [0.5, 0.6) is 11.5 Å². The van der Waals surface area contributed by atoms with Crippen LogP contribution in [-0.2, 0) is 4.79 Å². The fourth-order valence-electron chi connectivity index (χ4n) is 2.26. The van der Waals surface area contributed by atoms with Gasteiger partial charge in [-0.2, -0.15) is 5.10 Å². The third-order valence-corrected chi connectivity index (χ3v) is 4.36. The molecule has 142 valence electrons. The largest absolute Gasteiger partial charge is 0.493 e. The summed E-state index contributed by atoms with van der Waals surface area (Å²) >= 11 is 3.31. The topological polar surface area (TPSA) is 89.0 Å². The van der Waals surface area contributed by atoms with Gasteiger partial charge in [0.2, 0.25) is 0 Å². The first kappa shape index (κ1) is 20.4. The molecule has 2 aromatic rings. The molecule has 27 heavy (non-hydrogen) atoms. The number of halogens is 1. The molecule has 0 saturated carbocycles. The second kappa shape index (κ2) is 9.72. The van der Waals surface area contributed by atoms with Gasteiger partial charge in [-0.3, -0.25) is 9.59 Å². The van der Waals surface area contributed by atoms with Crippen LogP contribution in [-0.4, -0.2) is 38.3 Å². The van der Waals surface area contributed by atoms with Crippen molar-refractivity contribution in [2.45, 2.75) is 13.0 Å². The number of para-hydroxylation sites is 1. The Morgan fingerprint density at radius 2 is 1.85 bits per heavy atom. The summed E-state index contributed by atoms with van der Waals surface area (Å²) in [5.41, 5.74) is 3.49. The summed E-state index contributed by atoms with van der Waals surface area (Å²) in [5, 5.41) is 6.55. The van der Waals surface area contributed by atoms with Gasteiger partial charge in [0, 0.05) is 10.0 Å². The number of hydrogen-bond acceptors (Lipinski definition) is 5. The fourth-order valence-corrected chi connectivity index (χ4v) is 2.73. The first-order valence-corrected chi connectivity index (χ1v) is 8.86. The van der Waals surface area contributed by atoms with Crippen molar-refractivity contribution in [1.82, 2.24) is 10.7 Å². The molecular weight excluding hydrogens is 414 g/mol. The molecule has 2 N–H and O–H groups in total. The van der Waals surface area contributed by atoms with E-state index in [1.54, 1.807) is 49.4 Å². The molecule has 0 aliphatic carbocycles. The molecule has 2 rings (SSSR count). The summed E-state index contributed by atoms with van der Waals surface area (Å²) in [6.45, 7) is 1.58. The van der Waals surface area contributed by atoms with Crippen molar-refractivity contribution in [3.63, 3.8) is 0 Å². The van der Waals surface area contributed by atoms with E-state index in [0.29, 0.717) is 27.1 Å². The lowest BCUT2D eigenvalue weighted by Crippen LogP contribution is -2.43. The van der Waals surface area contributed by atoms with Crippen LogP contribution in [0.15, 0.2) is 52.0 Å². The third kappa shape index (κ3) is 5.30. The van der Waals surface area contributed by atoms with Crippen molar-refractivity contribution in [3.8, 4) is 11.5 Å². The van der Waals surface area contributed by atoms with Crippen LogP contribution >= 0.6 is 15.9 Å². The lowest BCUT2D eigenvalue weighted by molar-refractivity contribution is -0.122. The quantitative estimate of drug-likeness (QED) is 0.518. The Hall–Kier alpha value is -2.87. The Morgan fingerprint density at radius 1 is 1.11 bits per heavy atom. The Balaban J connectivity index is 1.98. The highest BCUT2D eigenvalue weighted by atomic mass is 79.9. The predicted molar refractivity (Wildman–Crippen MR) is 106 cm³/mol. The highest BCUT2D eigenvalue weighted by molar-refractivity contribution is 9.10. The van der Waals surface area contributed by atoms with Gasteiger partial charge in [0.1, 0.15) is 6.04 Å². The van der Waals surface area contributed by atoms with Gasteiger partial charge in [-0.25, -0.2) is 5.43 Å². The van der Waals surface area contributed by atoms with Gasteiger partial charge in [0.15, 0.2) is 11.5 Å². The molecule has 2 aromatic carbocycles. The molecule has 0 fully saturated rings. The molecule has 7 nitrogen and oxygen atoms in total. The first-order valence-electron chi connectivity index (χ1n) is 8.07. The van der Waals surface area contributed by atoms with Crippen molar-refractivity contribution < 1.29 is 19.1 Å². The highest BCUT2D eigenvalue weighted by Crippen LogP contribution is 2.29. The smallest absolute Gasteiger partial charge is 0.262 e. The Kier molecular flexibility index (Phi) is 7.36. The van der Waals surface area contributed by atoms with Crippen molar-refractivity contribution in [3.05, 3.63) is 58.1 Å². The van der Waals surface area contributed by atoms with E-state index < -0.39 is 11.9 Å². The minimum atomic E-state index is -0.769. The fraction of sp³-hybridized carbons (Fsp3) is 0.211. The van der Waals surface area contributed by atoms with E-state index in [2.05, 4.69) is 31.8 Å². The molecule has 1 atom stereocenters. The number of rotatable bonds is 7. The maximum atomic E-state index is 12.2. The Bertz CT molecular complexity index is 855. The summed E-state index contributed by atoms with van der Waals surface area (Å²) in [4.78, 5) is 24.4. The van der Waals surface area contributed by atoms with E-state index in [9.17, 15) is 9.59 Å². The number of nitrogens with zero attached hydrogens (tertiary/aromatic N) is 1. The number of nitrogens with one attached hydrogen (secondary N) is 2. The minimum Gasteiger partial charge on any atom is -0.493 e. The van der Waals surface area contributed by atoms with Gasteiger partial charge in [0.25, 0.3) is 11.8 Å². The van der Waals surface area contributed by atoms with Crippen LogP contribution < -0.4 is 20.2 Å². The van der Waals surface area contributed by atoms with Gasteiger partial charge < -0.3 is 14.8 Å². The van der Waals surface area contributed by atoms with E-state index >= 15 is 0 Å². The molecule has 0 saturated heterocycles. The molecule has 1 unspecified atom stereocenters. The van der Waals surface area contributed by atoms with E-state index in [0.717, 1.165) is 0 Å². The number of amides is 2. The summed E-state index contributed by atoms with van der Waals surface area (Å²) < 4.78 is 11.2. The van der Waals surface area contributed by atoms with Crippen molar-refractivity contribution in [2.24, 2.45) is 5.10 Å². The van der Waals surface area contributed by atoms with Crippen LogP contribution in [0.3, 0.4) is 0 Å². The normalized spacial score (nSPS) is 11.7. The summed E-state index contributed by atoms with van der Waals surface area (Å²) in [7, 11) is 3.06. The Labute approximate surface area is 165 Å². The van der Waals surface area contributed by atoms with E-state index in [4.69, 9.17) is 9.47 Å². The molecule has 0 spiro atoms. The van der Waals surface area contributed by atoms with Gasteiger partial charge >= 0.3 is 0 Å². The zero-order valence-corrected chi connectivity index (χ0v) is 16.7. The monoisotopic (exact) mass is 433 g/mol. The van der Waals surface area contributed by atoms with Crippen LogP contribution in [0.25, 0.3) is 0 Å². The molecule has 0 bridgehead atoms. The van der Waals surface area contributed by atoms with Gasteiger partial charge in [0.05, 0.1) is 26.0 Å². The average Bonchev–Trinajstić information content (AvgIpc) is 2.67. The van der Waals surface area contributed by atoms with Crippen LogP contribution in [0, 0.1) is 0 Å². The number of benzene rings is 2. The maximum absolute atomic E-state index is 12.2. The summed E-state index contributed by atoms with van der Waals surface area (Å²) in [6.07, 6.45) is 1.45. The van der Waals surface area contributed by atoms with Crippen LogP contribution in [0.2, 0.25) is 0 Å². The standard InChI is InChI=1S/C19H20BrN3O4/c1-12(22-19(25)14-8-4-5-9-15(14)20)18(24)23-21-11-13-7-6-10-16(26-2)17(13)27-3/h4-12H,1-3H3,(H,22,25)(H,23,24). The SMILES string of the molecule is COc1cccc(C=NNC(=O)C(C)NC(=O)c2ccccc2Br)c1OC. The van der Waals surface area contributed by atoms with Gasteiger partial charge in [-0.1, -0.05) is 18.2 Å². The predicted octanol–water partition coefficient (Wildman–Crippen LogP) is 2.73. The van der Waals surface area contributed by atoms with Crippen LogP contribution in [0.1, 0.15) is 22.8 Å². The zero-order valence-electron chi connectivity index (χ0n) is 15.2. The average molecular weight is 434 g/mol. The maximum Gasteiger partial charge on any atom is 0.262 e. The molecule has 0 radical (unpaired) electrons. The molecule has 8 heteroatoms. The lowest BCUT2D eigenvalue weighted by atomic mass is 10.2. The first-order chi connectivity index (χ1) is 13.0. The number of hydrogen-bond donors (Lipinski definition) is 2. The van der Waals surface area contributed by atoms with Crippen molar-refractivity contribution in [1.29, 1.82) is 0 Å². The molecular formula is C19H20BrN3O4. The van der Waals surface area contributed by atoms with Crippen LogP contribution in [0.4, 0.5) is 0 Å². The van der Waals surface area contributed by atoms with E-state index in [1.165, 1.54) is 20.4 Å². The van der Waals surface area contributed by atoms with Crippen molar-refractivity contribution in [2.75, 3.05) is 14.2 Å². The zero-order chi connectivity index (χ0) is 19.8. The molecule has 0 aliphatic heterocycles. The van der Waals surface area contributed by atoms with E-state index in [1.807, 2.05) is 0 Å². The second-order valence-corrected chi connectivity index (χ2v) is 6.35. The summed E-state index contributed by atoms with van der Waals surface area (Å²) in [6, 6.07) is 11.5. The molecule has 2 amide bonds. The number of methoxy groups -OCH3 is 2. The molecule has 0 aliphatic rings. The molecule has 0 aromatic heterocycles. The summed E-state index contributed by atoms with van der Waals surface area (Å²) in [5.74, 6) is 0.257. The second-order valence-electron chi connectivity index (χ2n) is 5.49. The number of hydrazone groups is 1. The number of ether oxygens (including phenoxy) is 2. The Morgan fingerprint density at radius 3 is 2.52 bits per heavy atom. The minimum absolute atomic E-state index is 0.358. The van der Waals surface area contributed by atoms with E-state index in [-0.39, 0.29) is 5.91 Å². The number of carbonyl (C=O) groups is 2. The van der Waals surface area contributed by atoms with Gasteiger partial charge in [-0.05, 0) is 47.1 Å². The highest BCUT2D eigenvalue weighted by Gasteiger charge is 2.17. The molecule has 0 heterocycles. The third-order valence-electron chi connectivity index (χ3n) is 3.67. The van der Waals surface area contributed by atoms with Crippen molar-refractivity contribution >= 4 is 34.0 Å². The van der Waals surface area contributed by atoms with Gasteiger partial charge in [-0.15, -0.1) is 0 Å². The number of carbonyl (C=O) groups excluding carboxylic acids is 2. The lowest BCUT2D eigenvalue weighted by Gasteiger charge is -2.13.